The predicted molar refractivity (Wildman–Crippen MR) is 186 cm³/mol. The van der Waals surface area contributed by atoms with Crippen molar-refractivity contribution in [3.8, 4) is 0 Å². The molecule has 0 amide bonds. The van der Waals surface area contributed by atoms with Crippen LogP contribution in [0.1, 0.15) is 5.56 Å². The summed E-state index contributed by atoms with van der Waals surface area (Å²) in [6, 6.07) is 20.9. The molecule has 1 aromatic heterocycles. The molecule has 0 N–H and O–H groups in total. The molecule has 7 rings (SSSR count). The molecule has 0 bridgehead atoms. The molecule has 6 aromatic carbocycles. The predicted octanol–water partition coefficient (Wildman–Crippen LogP) is 9.31. The van der Waals surface area contributed by atoms with Gasteiger partial charge in [-0.3, -0.25) is 0 Å². The molecule has 0 unspecified atom stereocenters. The van der Waals surface area contributed by atoms with Crippen molar-refractivity contribution in [2.45, 2.75) is 11.6 Å². The fourth-order valence-corrected chi connectivity index (χ4v) is 7.36. The summed E-state index contributed by atoms with van der Waals surface area (Å²) >= 11 is 4.66. The van der Waals surface area contributed by atoms with Crippen molar-refractivity contribution in [3.05, 3.63) is 189 Å². The van der Waals surface area contributed by atoms with Crippen LogP contribution in [0.15, 0.2) is 71.9 Å². The molecule has 0 aliphatic rings. The third-order valence-electron chi connectivity index (χ3n) is 9.81. The summed E-state index contributed by atoms with van der Waals surface area (Å²) in [4.78, 5) is 0. The molecule has 7 aromatic rings. The number of benzene rings is 6. The molecular weight excluding hydrogens is 917 g/mol. The zero-order chi connectivity index (χ0) is 46.7. The Morgan fingerprint density at radius 3 is 0.921 bits per heavy atom. The van der Waals surface area contributed by atoms with Crippen LogP contribution in [0.4, 0.5) is 87.8 Å². The molecule has 0 aliphatic carbocycles. The highest BCUT2D eigenvalue weighted by atomic mass is 32.1. The van der Waals surface area contributed by atoms with Crippen LogP contribution >= 0.6 is 12.6 Å². The first-order chi connectivity index (χ1) is 29.5. The second-order valence-electron chi connectivity index (χ2n) is 13.1. The normalized spacial score (nSPS) is 11.6. The highest BCUT2D eigenvalue weighted by Gasteiger charge is 2.52. The van der Waals surface area contributed by atoms with Gasteiger partial charge in [-0.15, -0.1) is 21.9 Å². The maximum Gasteiger partial charge on any atom is 0.245 e. The van der Waals surface area contributed by atoms with Crippen molar-refractivity contribution in [2.24, 2.45) is 0 Å². The van der Waals surface area contributed by atoms with E-state index in [0.717, 1.165) is 11.6 Å². The molecule has 328 valence electrons. The van der Waals surface area contributed by atoms with Crippen LogP contribution in [0, 0.1) is 116 Å². The van der Waals surface area contributed by atoms with Gasteiger partial charge in [0, 0.05) is 11.6 Å². The largest absolute Gasteiger partial charge is 0.245 e. The zero-order valence-corrected chi connectivity index (χ0v) is 31.0. The lowest BCUT2D eigenvalue weighted by atomic mass is 9.12. The van der Waals surface area contributed by atoms with Crippen LogP contribution < -0.4 is 26.4 Å². The summed E-state index contributed by atoms with van der Waals surface area (Å²) in [6.07, 6.45) is -5.12. The lowest BCUT2D eigenvalue weighted by molar-refractivity contribution is -0.722. The number of nitrogens with zero attached hydrogens (tertiary/aromatic N) is 1. The Morgan fingerprint density at radius 2 is 0.603 bits per heavy atom. The third kappa shape index (κ3) is 7.18. The van der Waals surface area contributed by atoms with Gasteiger partial charge in [-0.1, -0.05) is 61.2 Å². The molecule has 0 radical (unpaired) electrons. The Morgan fingerprint density at radius 1 is 0.333 bits per heavy atom. The van der Waals surface area contributed by atoms with Gasteiger partial charge in [-0.05, 0) is 11.5 Å². The third-order valence-corrected chi connectivity index (χ3v) is 10.3. The number of fused-ring (bicyclic) bond motifs is 1. The van der Waals surface area contributed by atoms with Crippen molar-refractivity contribution in [2.75, 3.05) is 0 Å². The van der Waals surface area contributed by atoms with Crippen molar-refractivity contribution in [1.82, 2.24) is 0 Å². The minimum Gasteiger partial charge on any atom is -0.207 e. The lowest BCUT2D eigenvalue weighted by Gasteiger charge is -2.44. The van der Waals surface area contributed by atoms with Gasteiger partial charge in [0.2, 0.25) is 5.03 Å². The maximum atomic E-state index is 15.4. The summed E-state index contributed by atoms with van der Waals surface area (Å²) in [5.41, 5.74) is -13.0. The summed E-state index contributed by atoms with van der Waals surface area (Å²) in [7, 11) is 0. The number of rotatable bonds is 6. The number of hydrogen-bond donors (Lipinski definition) is 1. The van der Waals surface area contributed by atoms with E-state index in [2.05, 4.69) is 78.0 Å². The van der Waals surface area contributed by atoms with E-state index < -0.39 is 144 Å². The quantitative estimate of drug-likeness (QED) is 0.0424. The Labute approximate surface area is 343 Å². The fraction of sp³-hybridized carbons (Fsp3) is 0.0250. The first-order valence-electron chi connectivity index (χ1n) is 16.9. The molecule has 0 aliphatic heterocycles. The van der Waals surface area contributed by atoms with E-state index in [9.17, 15) is 52.7 Å². The minimum atomic E-state index is -7.22. The number of hydrogen-bond acceptors (Lipinski definition) is 1. The molecular formula is C40H14BF20NS. The van der Waals surface area contributed by atoms with Gasteiger partial charge in [0.05, 0.1) is 5.39 Å². The average molecular weight is 931 g/mol. The van der Waals surface area contributed by atoms with Crippen LogP contribution in [-0.2, 0) is 6.54 Å². The molecule has 1 heterocycles. The van der Waals surface area contributed by atoms with E-state index in [4.69, 9.17) is 0 Å². The second kappa shape index (κ2) is 17.1. The van der Waals surface area contributed by atoms with Gasteiger partial charge in [-0.25, -0.2) is 87.8 Å². The fourth-order valence-electron chi connectivity index (χ4n) is 7.02. The molecule has 0 fully saturated rings. The molecule has 0 saturated carbocycles. The molecule has 0 atom stereocenters. The van der Waals surface area contributed by atoms with Crippen molar-refractivity contribution >= 4 is 51.4 Å². The highest BCUT2D eigenvalue weighted by Crippen LogP contribution is 2.31. The summed E-state index contributed by atoms with van der Waals surface area (Å²) < 4.78 is 296. The van der Waals surface area contributed by atoms with Crippen LogP contribution in [0.5, 0.6) is 0 Å². The Hall–Kier alpha value is -6.26. The number of pyridine rings is 1. The lowest BCUT2D eigenvalue weighted by Crippen LogP contribution is -2.81. The maximum absolute atomic E-state index is 15.4. The summed E-state index contributed by atoms with van der Waals surface area (Å²) in [5.74, 6) is -71.4. The minimum absolute atomic E-state index is 0.852. The monoisotopic (exact) mass is 931 g/mol. The van der Waals surface area contributed by atoms with Crippen LogP contribution in [0.25, 0.3) is 10.8 Å². The molecule has 0 saturated heterocycles. The van der Waals surface area contributed by atoms with E-state index >= 15 is 35.1 Å². The van der Waals surface area contributed by atoms with Gasteiger partial charge >= 0.3 is 0 Å². The van der Waals surface area contributed by atoms with Gasteiger partial charge < -0.3 is 0 Å². The second-order valence-corrected chi connectivity index (χ2v) is 13.6. The number of aromatic nitrogens is 1. The Balaban J connectivity index is 0.000000302. The van der Waals surface area contributed by atoms with Crippen LogP contribution in [0.3, 0.4) is 0 Å². The molecule has 63 heavy (non-hydrogen) atoms. The smallest absolute Gasteiger partial charge is 0.207 e. The topological polar surface area (TPSA) is 3.88 Å². The van der Waals surface area contributed by atoms with Gasteiger partial charge in [0.25, 0.3) is 0 Å². The molecule has 0 spiro atoms. The standard InChI is InChI=1S/C24BF20.C16H13NS/c26-5-1(6(27)14(35)21(42)13(5)34)25(2-7(28)15(36)22(43)16(37)8(2)29,3-9(30)17(38)23(44)18(39)10(3)31)4-11(32)19(40)24(45)20(41)12(4)33;18-16-15-9-5-4-8-14(15)10-11-17(16)12-13-6-2-1-3-7-13/h;1-11H,12H2/q-1;/p+1. The average Bonchev–Trinajstić information content (AvgIpc) is 3.27. The Bertz CT molecular complexity index is 2620. The van der Waals surface area contributed by atoms with E-state index in [1.807, 2.05) is 6.07 Å². The molecule has 1 nitrogen and oxygen atoms in total. The SMILES string of the molecule is Fc1c(F)c(F)c([B-](c2c(F)c(F)c(F)c(F)c2F)(c2c(F)c(F)c(F)c(F)c2F)c2c(F)c(F)c(F)c(F)c2F)c(F)c1F.Sc1c2ccccc2cc[n+]1Cc1ccccc1. The van der Waals surface area contributed by atoms with Crippen molar-refractivity contribution < 1.29 is 92.4 Å². The number of thiol groups is 1. The van der Waals surface area contributed by atoms with E-state index in [-0.39, 0.29) is 0 Å². The highest BCUT2D eigenvalue weighted by molar-refractivity contribution is 7.80. The van der Waals surface area contributed by atoms with E-state index in [0.29, 0.717) is 0 Å². The van der Waals surface area contributed by atoms with Crippen molar-refractivity contribution in [3.63, 3.8) is 0 Å². The van der Waals surface area contributed by atoms with Crippen molar-refractivity contribution in [1.29, 1.82) is 0 Å². The molecule has 23 heteroatoms. The van der Waals surface area contributed by atoms with Gasteiger partial charge in [-0.2, -0.15) is 4.57 Å². The first-order valence-corrected chi connectivity index (χ1v) is 17.4. The Kier molecular flexibility index (Phi) is 12.6. The van der Waals surface area contributed by atoms with Crippen LogP contribution in [0.2, 0.25) is 0 Å². The van der Waals surface area contributed by atoms with E-state index in [1.54, 1.807) is 0 Å². The van der Waals surface area contributed by atoms with Gasteiger partial charge in [0.1, 0.15) is 52.7 Å². The van der Waals surface area contributed by atoms with Gasteiger partial charge in [0.15, 0.2) is 82.5 Å². The summed E-state index contributed by atoms with van der Waals surface area (Å²) in [5, 5.41) is 3.43. The number of halogens is 20. The van der Waals surface area contributed by atoms with Crippen LogP contribution in [-0.4, -0.2) is 6.15 Å². The first kappa shape index (κ1) is 46.3. The van der Waals surface area contributed by atoms with E-state index in [1.165, 1.54) is 16.3 Å². The zero-order valence-electron chi connectivity index (χ0n) is 30.1. The summed E-state index contributed by atoms with van der Waals surface area (Å²) in [6.45, 7) is 0.852.